The van der Waals surface area contributed by atoms with Crippen molar-refractivity contribution in [3.63, 3.8) is 0 Å². The molecule has 2 N–H and O–H groups in total. The Labute approximate surface area is 103 Å². The highest BCUT2D eigenvalue weighted by Crippen LogP contribution is 2.32. The van der Waals surface area contributed by atoms with Crippen LogP contribution in [0.2, 0.25) is 0 Å². The van der Waals surface area contributed by atoms with E-state index in [0.29, 0.717) is 16.7 Å². The van der Waals surface area contributed by atoms with E-state index < -0.39 is 11.8 Å². The van der Waals surface area contributed by atoms with Gasteiger partial charge in [0.15, 0.2) is 0 Å². The van der Waals surface area contributed by atoms with Gasteiger partial charge in [0, 0.05) is 5.56 Å². The molecule has 92 valence electrons. The number of aromatic hydroxyl groups is 1. The third-order valence-electron chi connectivity index (χ3n) is 2.72. The zero-order chi connectivity index (χ0) is 13.3. The molecule has 0 bridgehead atoms. The molecule has 0 aliphatic carbocycles. The van der Waals surface area contributed by atoms with Crippen molar-refractivity contribution in [2.45, 2.75) is 6.92 Å². The molecule has 0 spiro atoms. The van der Waals surface area contributed by atoms with Crippen LogP contribution in [0.3, 0.4) is 0 Å². The number of carbonyl (C=O) groups is 1. The van der Waals surface area contributed by atoms with Crippen molar-refractivity contribution < 1.29 is 19.4 Å². The Morgan fingerprint density at radius 2 is 1.83 bits per heavy atom. The normalized spacial score (nSPS) is 10.3. The quantitative estimate of drug-likeness (QED) is 0.855. The van der Waals surface area contributed by atoms with Gasteiger partial charge in [-0.15, -0.1) is 0 Å². The molecule has 2 rings (SSSR count). The van der Waals surface area contributed by atoms with Gasteiger partial charge in [-0.3, -0.25) is 0 Å². The van der Waals surface area contributed by atoms with Gasteiger partial charge in [0.25, 0.3) is 0 Å². The van der Waals surface area contributed by atoms with Gasteiger partial charge in [-0.2, -0.15) is 0 Å². The Morgan fingerprint density at radius 3 is 2.44 bits per heavy atom. The molecule has 3 nitrogen and oxygen atoms in total. The average molecular weight is 246 g/mol. The number of rotatable bonds is 2. The first kappa shape index (κ1) is 12.1. The number of aromatic carboxylic acids is 1. The van der Waals surface area contributed by atoms with Gasteiger partial charge >= 0.3 is 5.97 Å². The zero-order valence-corrected chi connectivity index (χ0v) is 9.64. The fourth-order valence-electron chi connectivity index (χ4n) is 1.82. The average Bonchev–Trinajstić information content (AvgIpc) is 2.32. The predicted octanol–water partition coefficient (Wildman–Crippen LogP) is 3.20. The molecule has 2 aromatic rings. The maximum absolute atomic E-state index is 13.2. The second-order valence-electron chi connectivity index (χ2n) is 4.00. The predicted molar refractivity (Wildman–Crippen MR) is 65.2 cm³/mol. The minimum Gasteiger partial charge on any atom is -0.507 e. The Kier molecular flexibility index (Phi) is 3.02. The molecule has 0 saturated heterocycles. The summed E-state index contributed by atoms with van der Waals surface area (Å²) in [5.41, 5.74) is 1.78. The molecule has 0 aliphatic rings. The summed E-state index contributed by atoms with van der Waals surface area (Å²) in [6.07, 6.45) is 0. The number of benzene rings is 2. The third kappa shape index (κ3) is 2.18. The lowest BCUT2D eigenvalue weighted by atomic mass is 9.97. The zero-order valence-electron chi connectivity index (χ0n) is 9.64. The van der Waals surface area contributed by atoms with E-state index in [-0.39, 0.29) is 11.3 Å². The summed E-state index contributed by atoms with van der Waals surface area (Å²) in [6, 6.07) is 8.14. The van der Waals surface area contributed by atoms with Crippen LogP contribution in [0.5, 0.6) is 5.75 Å². The molecular weight excluding hydrogens is 235 g/mol. The third-order valence-corrected chi connectivity index (χ3v) is 2.72. The molecule has 0 aliphatic heterocycles. The van der Waals surface area contributed by atoms with E-state index >= 15 is 0 Å². The largest absolute Gasteiger partial charge is 0.507 e. The molecule has 18 heavy (non-hydrogen) atoms. The van der Waals surface area contributed by atoms with Crippen molar-refractivity contribution in [1.29, 1.82) is 0 Å². The van der Waals surface area contributed by atoms with Crippen LogP contribution >= 0.6 is 0 Å². The molecule has 0 fully saturated rings. The summed E-state index contributed by atoms with van der Waals surface area (Å²) in [6.45, 7) is 1.71. The van der Waals surface area contributed by atoms with Crippen LogP contribution in [-0.4, -0.2) is 16.2 Å². The number of phenols is 1. The van der Waals surface area contributed by atoms with Gasteiger partial charge in [0.2, 0.25) is 0 Å². The Bertz CT molecular complexity index is 620. The van der Waals surface area contributed by atoms with Crippen molar-refractivity contribution in [1.82, 2.24) is 0 Å². The first-order chi connectivity index (χ1) is 8.49. The maximum Gasteiger partial charge on any atom is 0.335 e. The van der Waals surface area contributed by atoms with Crippen molar-refractivity contribution in [2.75, 3.05) is 0 Å². The standard InChI is InChI=1S/C14H11FO3/c1-8-6-9(14(17)18)2-4-11(8)12-7-10(15)3-5-13(12)16/h2-7,16H,1H3,(H,17,18). The highest BCUT2D eigenvalue weighted by atomic mass is 19.1. The number of hydrogen-bond donors (Lipinski definition) is 2. The summed E-state index contributed by atoms with van der Waals surface area (Å²) in [5, 5.41) is 18.6. The van der Waals surface area contributed by atoms with Gasteiger partial charge in [0.05, 0.1) is 5.56 Å². The van der Waals surface area contributed by atoms with Crippen LogP contribution in [0.1, 0.15) is 15.9 Å². The van der Waals surface area contributed by atoms with Crippen LogP contribution in [-0.2, 0) is 0 Å². The lowest BCUT2D eigenvalue weighted by Gasteiger charge is -2.09. The summed E-state index contributed by atoms with van der Waals surface area (Å²) >= 11 is 0. The highest BCUT2D eigenvalue weighted by Gasteiger charge is 2.11. The molecule has 2 aromatic carbocycles. The van der Waals surface area contributed by atoms with Crippen molar-refractivity contribution in [3.05, 3.63) is 53.3 Å². The second kappa shape index (κ2) is 4.49. The molecule has 0 radical (unpaired) electrons. The molecular formula is C14H11FO3. The smallest absolute Gasteiger partial charge is 0.335 e. The number of aryl methyl sites for hydroxylation is 1. The maximum atomic E-state index is 13.2. The fraction of sp³-hybridized carbons (Fsp3) is 0.0714. The Balaban J connectivity index is 2.58. The van der Waals surface area contributed by atoms with Gasteiger partial charge < -0.3 is 10.2 Å². The number of phenolic OH excluding ortho intramolecular Hbond substituents is 1. The lowest BCUT2D eigenvalue weighted by molar-refractivity contribution is 0.0697. The van der Waals surface area contributed by atoms with Crippen LogP contribution < -0.4 is 0 Å². The van der Waals surface area contributed by atoms with Crippen molar-refractivity contribution >= 4 is 5.97 Å². The highest BCUT2D eigenvalue weighted by molar-refractivity contribution is 5.89. The van der Waals surface area contributed by atoms with E-state index in [1.54, 1.807) is 13.0 Å². The van der Waals surface area contributed by atoms with Crippen molar-refractivity contribution in [3.8, 4) is 16.9 Å². The summed E-state index contributed by atoms with van der Waals surface area (Å²) in [4.78, 5) is 10.8. The van der Waals surface area contributed by atoms with Gasteiger partial charge in [-0.25, -0.2) is 9.18 Å². The number of carboxylic acid groups (broad SMARTS) is 1. The summed E-state index contributed by atoms with van der Waals surface area (Å²) in [5.74, 6) is -1.51. The molecule has 0 unspecified atom stereocenters. The topological polar surface area (TPSA) is 57.5 Å². The molecule has 0 amide bonds. The monoisotopic (exact) mass is 246 g/mol. The first-order valence-corrected chi connectivity index (χ1v) is 5.32. The number of halogens is 1. The van der Waals surface area contributed by atoms with E-state index in [0.717, 1.165) is 0 Å². The van der Waals surface area contributed by atoms with E-state index in [1.807, 2.05) is 0 Å². The van der Waals surface area contributed by atoms with Crippen LogP contribution in [0, 0.1) is 12.7 Å². The molecule has 0 saturated carbocycles. The molecule has 0 aromatic heterocycles. The van der Waals surface area contributed by atoms with Gasteiger partial charge in [0.1, 0.15) is 11.6 Å². The van der Waals surface area contributed by atoms with E-state index in [9.17, 15) is 14.3 Å². The Hall–Kier alpha value is -2.36. The number of carboxylic acids is 1. The van der Waals surface area contributed by atoms with E-state index in [2.05, 4.69) is 0 Å². The Morgan fingerprint density at radius 1 is 1.11 bits per heavy atom. The minimum absolute atomic E-state index is 0.0393. The molecule has 0 atom stereocenters. The lowest BCUT2D eigenvalue weighted by Crippen LogP contribution is -1.97. The minimum atomic E-state index is -1.02. The second-order valence-corrected chi connectivity index (χ2v) is 4.00. The SMILES string of the molecule is Cc1cc(C(=O)O)ccc1-c1cc(F)ccc1O. The summed E-state index contributed by atoms with van der Waals surface area (Å²) in [7, 11) is 0. The number of hydrogen-bond acceptors (Lipinski definition) is 2. The molecule has 4 heteroatoms. The summed E-state index contributed by atoms with van der Waals surface area (Å²) < 4.78 is 13.2. The van der Waals surface area contributed by atoms with Gasteiger partial charge in [-0.05, 0) is 48.4 Å². The fourth-order valence-corrected chi connectivity index (χ4v) is 1.82. The van der Waals surface area contributed by atoms with Crippen LogP contribution in [0.15, 0.2) is 36.4 Å². The van der Waals surface area contributed by atoms with Crippen molar-refractivity contribution in [2.24, 2.45) is 0 Å². The first-order valence-electron chi connectivity index (χ1n) is 5.32. The van der Waals surface area contributed by atoms with Gasteiger partial charge in [-0.1, -0.05) is 6.07 Å². The van der Waals surface area contributed by atoms with Crippen LogP contribution in [0.25, 0.3) is 11.1 Å². The van der Waals surface area contributed by atoms with E-state index in [4.69, 9.17) is 5.11 Å². The van der Waals surface area contributed by atoms with Crippen LogP contribution in [0.4, 0.5) is 4.39 Å². The molecule has 0 heterocycles. The van der Waals surface area contributed by atoms with E-state index in [1.165, 1.54) is 30.3 Å².